The van der Waals surface area contributed by atoms with E-state index in [0.717, 1.165) is 5.56 Å². The molecule has 2 atom stereocenters. The molecule has 2 aromatic rings. The molecule has 0 bridgehead atoms. The summed E-state index contributed by atoms with van der Waals surface area (Å²) in [6.45, 7) is 2.68. The number of amides is 2. The Bertz CT molecular complexity index is 976. The molecule has 3 rings (SSSR count). The van der Waals surface area contributed by atoms with E-state index in [1.165, 1.54) is 33.7 Å². The van der Waals surface area contributed by atoms with Crippen molar-refractivity contribution < 1.29 is 22.7 Å². The molecule has 2 unspecified atom stereocenters. The lowest BCUT2D eigenvalue weighted by atomic mass is 9.99. The van der Waals surface area contributed by atoms with Gasteiger partial charge in [-0.25, -0.2) is 8.42 Å². The summed E-state index contributed by atoms with van der Waals surface area (Å²) in [5.41, 5.74) is 7.86. The Morgan fingerprint density at radius 1 is 1.26 bits per heavy atom. The number of nitrogens with zero attached hydrogens (tertiary/aromatic N) is 3. The maximum atomic E-state index is 13.6. The van der Waals surface area contributed by atoms with Gasteiger partial charge in [-0.1, -0.05) is 30.3 Å². The lowest BCUT2D eigenvalue weighted by Crippen LogP contribution is -2.51. The van der Waals surface area contributed by atoms with Gasteiger partial charge >= 0.3 is 0 Å². The van der Waals surface area contributed by atoms with Crippen molar-refractivity contribution in [3.8, 4) is 0 Å². The van der Waals surface area contributed by atoms with E-state index in [-0.39, 0.29) is 25.3 Å². The molecular weight excluding hydrogens is 440 g/mol. The predicted octanol–water partition coefficient (Wildman–Crippen LogP) is 0.871. The van der Waals surface area contributed by atoms with Crippen LogP contribution < -0.4 is 10.6 Å². The van der Waals surface area contributed by atoms with Gasteiger partial charge in [-0.3, -0.25) is 19.5 Å². The minimum atomic E-state index is -3.72. The molecule has 168 valence electrons. The van der Waals surface area contributed by atoms with Gasteiger partial charge in [0.25, 0.3) is 0 Å². The molecule has 1 saturated heterocycles. The van der Waals surface area contributed by atoms with Gasteiger partial charge in [-0.15, -0.1) is 11.3 Å². The van der Waals surface area contributed by atoms with Gasteiger partial charge in [0.2, 0.25) is 21.8 Å². The van der Waals surface area contributed by atoms with Crippen LogP contribution in [-0.4, -0.2) is 67.6 Å². The van der Waals surface area contributed by atoms with Gasteiger partial charge in [0.1, 0.15) is 11.0 Å². The molecule has 1 aromatic carbocycles. The largest absolute Gasteiger partial charge is 0.379 e. The highest BCUT2D eigenvalue weighted by Crippen LogP contribution is 2.26. The average Bonchev–Trinajstić information content (AvgIpc) is 3.29. The van der Waals surface area contributed by atoms with E-state index in [4.69, 9.17) is 10.5 Å². The Labute approximate surface area is 185 Å². The third-order valence-electron chi connectivity index (χ3n) is 5.14. The van der Waals surface area contributed by atoms with E-state index in [1.807, 2.05) is 30.3 Å². The van der Waals surface area contributed by atoms with Gasteiger partial charge < -0.3 is 10.5 Å². The molecule has 1 aromatic heterocycles. The molecule has 9 nitrogen and oxygen atoms in total. The number of primary amides is 1. The molecule has 2 heterocycles. The lowest BCUT2D eigenvalue weighted by molar-refractivity contribution is -0.126. The summed E-state index contributed by atoms with van der Waals surface area (Å²) in [6.07, 6.45) is 1.68. The fraction of sp³-hybridized carbons (Fsp3) is 0.450. The number of nitrogens with two attached hydrogens (primary N) is 1. The average molecular weight is 467 g/mol. The number of carbonyl (C=O) groups is 2. The van der Waals surface area contributed by atoms with E-state index in [0.29, 0.717) is 18.2 Å². The summed E-state index contributed by atoms with van der Waals surface area (Å²) >= 11 is 1.18. The zero-order valence-electron chi connectivity index (χ0n) is 17.2. The van der Waals surface area contributed by atoms with Gasteiger partial charge in [0.15, 0.2) is 0 Å². The number of hydrogen-bond acceptors (Lipinski definition) is 7. The molecule has 11 heteroatoms. The summed E-state index contributed by atoms with van der Waals surface area (Å²) in [6, 6.07) is 8.26. The highest BCUT2D eigenvalue weighted by atomic mass is 32.2. The van der Waals surface area contributed by atoms with Crippen LogP contribution in [0.5, 0.6) is 0 Å². The van der Waals surface area contributed by atoms with Crippen LogP contribution in [0.4, 0.5) is 5.00 Å². The van der Waals surface area contributed by atoms with Crippen LogP contribution in [0.15, 0.2) is 42.0 Å². The number of sulfonamides is 1. The Morgan fingerprint density at radius 2 is 1.94 bits per heavy atom. The minimum Gasteiger partial charge on any atom is -0.379 e. The third kappa shape index (κ3) is 5.88. The monoisotopic (exact) mass is 466 g/mol. The second-order valence-corrected chi connectivity index (χ2v) is 10.2. The summed E-state index contributed by atoms with van der Waals surface area (Å²) in [5.74, 6) is -2.44. The van der Waals surface area contributed by atoms with Crippen molar-refractivity contribution in [3.63, 3.8) is 0 Å². The van der Waals surface area contributed by atoms with Crippen molar-refractivity contribution in [1.29, 1.82) is 0 Å². The molecule has 1 fully saturated rings. The van der Waals surface area contributed by atoms with Crippen LogP contribution in [0.2, 0.25) is 0 Å². The number of carbonyl (C=O) groups excluding carboxylic acids is 2. The van der Waals surface area contributed by atoms with Crippen molar-refractivity contribution in [2.45, 2.75) is 19.4 Å². The Kier molecular flexibility index (Phi) is 7.76. The van der Waals surface area contributed by atoms with Gasteiger partial charge in [0.05, 0.1) is 36.6 Å². The fourth-order valence-corrected chi connectivity index (χ4v) is 5.84. The van der Waals surface area contributed by atoms with Crippen molar-refractivity contribution in [3.05, 3.63) is 47.6 Å². The van der Waals surface area contributed by atoms with Gasteiger partial charge in [-0.2, -0.15) is 4.31 Å². The second-order valence-electron chi connectivity index (χ2n) is 7.30. The van der Waals surface area contributed by atoms with E-state index in [1.54, 1.807) is 5.51 Å². The van der Waals surface area contributed by atoms with Gasteiger partial charge in [0, 0.05) is 13.1 Å². The first-order chi connectivity index (χ1) is 14.8. The van der Waals surface area contributed by atoms with Crippen LogP contribution >= 0.6 is 11.3 Å². The Hall–Kier alpha value is -2.34. The number of hydrogen-bond donors (Lipinski definition) is 1. The van der Waals surface area contributed by atoms with Crippen LogP contribution in [-0.2, 0) is 30.8 Å². The highest BCUT2D eigenvalue weighted by molar-refractivity contribution is 7.89. The Balaban J connectivity index is 1.93. The van der Waals surface area contributed by atoms with Crippen LogP contribution in [0.1, 0.15) is 12.5 Å². The lowest BCUT2D eigenvalue weighted by Gasteiger charge is -2.31. The molecule has 31 heavy (non-hydrogen) atoms. The number of ether oxygens (including phenoxy) is 1. The predicted molar refractivity (Wildman–Crippen MR) is 118 cm³/mol. The molecule has 1 aliphatic rings. The van der Waals surface area contributed by atoms with E-state index >= 15 is 0 Å². The maximum Gasteiger partial charge on any atom is 0.240 e. The number of anilines is 1. The smallest absolute Gasteiger partial charge is 0.240 e. The van der Waals surface area contributed by atoms with Crippen LogP contribution in [0, 0.1) is 5.92 Å². The maximum absolute atomic E-state index is 13.6. The van der Waals surface area contributed by atoms with E-state index in [9.17, 15) is 18.0 Å². The second kappa shape index (κ2) is 10.3. The first kappa shape index (κ1) is 23.3. The first-order valence-corrected chi connectivity index (χ1v) is 12.4. The van der Waals surface area contributed by atoms with E-state index < -0.39 is 33.8 Å². The van der Waals surface area contributed by atoms with E-state index in [2.05, 4.69) is 4.98 Å². The SMILES string of the molecule is CC(C(N)=O)N(C(=O)C(Cc1ccccc1)CS(=O)(=O)N1CCOCC1)c1cncs1. The molecule has 0 radical (unpaired) electrons. The fourth-order valence-electron chi connectivity index (χ4n) is 3.44. The minimum absolute atomic E-state index is 0.212. The topological polar surface area (TPSA) is 123 Å². The summed E-state index contributed by atoms with van der Waals surface area (Å²) in [7, 11) is -3.72. The zero-order chi connectivity index (χ0) is 22.4. The highest BCUT2D eigenvalue weighted by Gasteiger charge is 2.37. The molecule has 0 saturated carbocycles. The van der Waals surface area contributed by atoms with Crippen molar-refractivity contribution in [2.75, 3.05) is 37.0 Å². The summed E-state index contributed by atoms with van der Waals surface area (Å²) < 4.78 is 32.8. The number of morpholine rings is 1. The summed E-state index contributed by atoms with van der Waals surface area (Å²) in [5, 5.41) is 0.443. The molecule has 1 aliphatic heterocycles. The van der Waals surface area contributed by atoms with Crippen molar-refractivity contribution in [2.24, 2.45) is 11.7 Å². The molecule has 0 aliphatic carbocycles. The number of aromatic nitrogens is 1. The first-order valence-electron chi connectivity index (χ1n) is 9.90. The van der Waals surface area contributed by atoms with Crippen molar-refractivity contribution in [1.82, 2.24) is 9.29 Å². The molecular formula is C20H26N4O5S2. The number of rotatable bonds is 9. The number of benzene rings is 1. The van der Waals surface area contributed by atoms with Crippen LogP contribution in [0.3, 0.4) is 0 Å². The summed E-state index contributed by atoms with van der Waals surface area (Å²) in [4.78, 5) is 30.8. The Morgan fingerprint density at radius 3 is 2.52 bits per heavy atom. The number of thiazole rings is 1. The quantitative estimate of drug-likeness (QED) is 0.585. The third-order valence-corrected chi connectivity index (χ3v) is 7.89. The normalized spacial score (nSPS) is 17.1. The molecule has 0 spiro atoms. The van der Waals surface area contributed by atoms with Crippen LogP contribution in [0.25, 0.3) is 0 Å². The zero-order valence-corrected chi connectivity index (χ0v) is 18.8. The van der Waals surface area contributed by atoms with Crippen molar-refractivity contribution >= 4 is 38.2 Å². The standard InChI is InChI=1S/C20H26N4O5S2/c1-15(19(21)25)24(18-12-22-14-30-18)20(26)17(11-16-5-3-2-4-6-16)13-31(27,28)23-7-9-29-10-8-23/h2-6,12,14-15,17H,7-11,13H2,1H3,(H2,21,25). The molecule has 2 amide bonds. The molecule has 2 N–H and O–H groups in total. The van der Waals surface area contributed by atoms with Gasteiger partial charge in [-0.05, 0) is 18.9 Å².